The molecular formula is C11H20N2O2S. The smallest absolute Gasteiger partial charge is 0.215 e. The van der Waals surface area contributed by atoms with Crippen molar-refractivity contribution in [2.45, 2.75) is 19.3 Å². The Hall–Kier alpha value is -0.570. The molecule has 0 aliphatic heterocycles. The van der Waals surface area contributed by atoms with Crippen LogP contribution in [-0.2, 0) is 10.0 Å². The second kappa shape index (κ2) is 6.24. The molecule has 0 aromatic heterocycles. The third-order valence-electron chi connectivity index (χ3n) is 2.65. The van der Waals surface area contributed by atoms with Gasteiger partial charge in [0.15, 0.2) is 0 Å². The molecule has 1 aliphatic rings. The van der Waals surface area contributed by atoms with Gasteiger partial charge < -0.3 is 5.32 Å². The Morgan fingerprint density at radius 3 is 2.69 bits per heavy atom. The summed E-state index contributed by atoms with van der Waals surface area (Å²) in [5, 5.41) is 2.94. The predicted octanol–water partition coefficient (Wildman–Crippen LogP) is 0.271. The lowest BCUT2D eigenvalue weighted by molar-refractivity contribution is 0.429. The van der Waals surface area contributed by atoms with E-state index in [1.54, 1.807) is 0 Å². The van der Waals surface area contributed by atoms with Crippen molar-refractivity contribution < 1.29 is 8.42 Å². The maximum absolute atomic E-state index is 12.0. The van der Waals surface area contributed by atoms with Crippen molar-refractivity contribution in [1.29, 1.82) is 0 Å². The number of terminal acetylenes is 1. The molecule has 1 N–H and O–H groups in total. The fourth-order valence-electron chi connectivity index (χ4n) is 1.53. The number of nitrogens with zero attached hydrogens (tertiary/aromatic N) is 1. The Morgan fingerprint density at radius 2 is 2.19 bits per heavy atom. The highest BCUT2D eigenvalue weighted by atomic mass is 32.2. The lowest BCUT2D eigenvalue weighted by atomic mass is 10.4. The third-order valence-corrected chi connectivity index (χ3v) is 4.52. The van der Waals surface area contributed by atoms with Crippen molar-refractivity contribution in [2.24, 2.45) is 5.92 Å². The second-order valence-electron chi connectivity index (χ2n) is 4.21. The monoisotopic (exact) mass is 244 g/mol. The van der Waals surface area contributed by atoms with E-state index in [1.807, 2.05) is 7.05 Å². The number of sulfonamides is 1. The summed E-state index contributed by atoms with van der Waals surface area (Å²) in [6.07, 6.45) is 8.10. The standard InChI is InChI=1S/C11H20N2O2S/c1-3-8-13(10-11-5-6-11)16(14,15)9-4-7-12-2/h1,11-12H,4-10H2,2H3. The lowest BCUT2D eigenvalue weighted by Gasteiger charge is -2.19. The minimum Gasteiger partial charge on any atom is -0.320 e. The van der Waals surface area contributed by atoms with Crippen LogP contribution in [0, 0.1) is 18.3 Å². The van der Waals surface area contributed by atoms with E-state index in [0.29, 0.717) is 25.4 Å². The van der Waals surface area contributed by atoms with Crippen molar-refractivity contribution in [3.63, 3.8) is 0 Å². The SMILES string of the molecule is C#CCN(CC1CC1)S(=O)(=O)CCCNC. The second-order valence-corrected chi connectivity index (χ2v) is 6.30. The van der Waals surface area contributed by atoms with E-state index >= 15 is 0 Å². The van der Waals surface area contributed by atoms with Gasteiger partial charge in [-0.15, -0.1) is 6.42 Å². The van der Waals surface area contributed by atoms with Gasteiger partial charge in [0.1, 0.15) is 0 Å². The molecule has 0 unspecified atom stereocenters. The Kier molecular flexibility index (Phi) is 5.26. The van der Waals surface area contributed by atoms with Crippen molar-refractivity contribution in [1.82, 2.24) is 9.62 Å². The summed E-state index contributed by atoms with van der Waals surface area (Å²) in [4.78, 5) is 0. The molecule has 0 aromatic carbocycles. The van der Waals surface area contributed by atoms with Crippen LogP contribution in [-0.4, -0.2) is 45.2 Å². The van der Waals surface area contributed by atoms with Crippen LogP contribution >= 0.6 is 0 Å². The van der Waals surface area contributed by atoms with Gasteiger partial charge in [0.2, 0.25) is 10.0 Å². The highest BCUT2D eigenvalue weighted by Crippen LogP contribution is 2.30. The first-order chi connectivity index (χ1) is 7.60. The number of hydrogen-bond donors (Lipinski definition) is 1. The molecule has 0 heterocycles. The average molecular weight is 244 g/mol. The van der Waals surface area contributed by atoms with Crippen LogP contribution in [0.25, 0.3) is 0 Å². The average Bonchev–Trinajstić information content (AvgIpc) is 3.01. The molecule has 0 amide bonds. The minimum atomic E-state index is -3.16. The highest BCUT2D eigenvalue weighted by Gasteiger charge is 2.29. The zero-order chi connectivity index (χ0) is 12.0. The Morgan fingerprint density at radius 1 is 1.50 bits per heavy atom. The summed E-state index contributed by atoms with van der Waals surface area (Å²) in [7, 11) is -1.35. The summed E-state index contributed by atoms with van der Waals surface area (Å²) < 4.78 is 25.4. The number of hydrogen-bond acceptors (Lipinski definition) is 3. The molecule has 0 radical (unpaired) electrons. The first-order valence-corrected chi connectivity index (χ1v) is 7.27. The third kappa shape index (κ3) is 4.52. The fourth-order valence-corrected chi connectivity index (χ4v) is 3.00. The maximum Gasteiger partial charge on any atom is 0.215 e. The zero-order valence-corrected chi connectivity index (χ0v) is 10.6. The van der Waals surface area contributed by atoms with E-state index in [9.17, 15) is 8.42 Å². The predicted molar refractivity (Wildman–Crippen MR) is 65.5 cm³/mol. The van der Waals surface area contributed by atoms with E-state index in [1.165, 1.54) is 4.31 Å². The van der Waals surface area contributed by atoms with Gasteiger partial charge in [0, 0.05) is 6.54 Å². The molecule has 5 heteroatoms. The normalized spacial score (nSPS) is 16.3. The molecule has 4 nitrogen and oxygen atoms in total. The van der Waals surface area contributed by atoms with Crippen LogP contribution in [0.15, 0.2) is 0 Å². The molecule has 0 saturated heterocycles. The van der Waals surface area contributed by atoms with E-state index in [2.05, 4.69) is 11.2 Å². The molecule has 1 fully saturated rings. The zero-order valence-electron chi connectivity index (χ0n) is 9.78. The molecule has 0 bridgehead atoms. The van der Waals surface area contributed by atoms with Crippen LogP contribution in [0.2, 0.25) is 0 Å². The van der Waals surface area contributed by atoms with Gasteiger partial charge in [0.25, 0.3) is 0 Å². The quantitative estimate of drug-likeness (QED) is 0.492. The van der Waals surface area contributed by atoms with Crippen molar-refractivity contribution in [2.75, 3.05) is 32.4 Å². The molecule has 0 aromatic rings. The van der Waals surface area contributed by atoms with Crippen molar-refractivity contribution >= 4 is 10.0 Å². The van der Waals surface area contributed by atoms with E-state index in [0.717, 1.165) is 12.8 Å². The van der Waals surface area contributed by atoms with Gasteiger partial charge in [-0.05, 0) is 38.8 Å². The van der Waals surface area contributed by atoms with Gasteiger partial charge >= 0.3 is 0 Å². The van der Waals surface area contributed by atoms with E-state index in [4.69, 9.17) is 6.42 Å². The summed E-state index contributed by atoms with van der Waals surface area (Å²) in [5.74, 6) is 3.15. The summed E-state index contributed by atoms with van der Waals surface area (Å²) in [6.45, 7) is 1.52. The Bertz CT molecular complexity index is 341. The highest BCUT2D eigenvalue weighted by molar-refractivity contribution is 7.89. The van der Waals surface area contributed by atoms with Crippen LogP contribution in [0.5, 0.6) is 0 Å². The number of nitrogens with one attached hydrogen (secondary N) is 1. The Labute approximate surface area is 98.5 Å². The summed E-state index contributed by atoms with van der Waals surface area (Å²) >= 11 is 0. The van der Waals surface area contributed by atoms with Crippen molar-refractivity contribution in [3.05, 3.63) is 0 Å². The van der Waals surface area contributed by atoms with Gasteiger partial charge in [-0.3, -0.25) is 0 Å². The lowest BCUT2D eigenvalue weighted by Crippen LogP contribution is -2.35. The summed E-state index contributed by atoms with van der Waals surface area (Å²) in [6, 6.07) is 0. The van der Waals surface area contributed by atoms with Gasteiger partial charge in [-0.2, -0.15) is 4.31 Å². The molecule has 92 valence electrons. The first-order valence-electron chi connectivity index (χ1n) is 5.66. The van der Waals surface area contributed by atoms with Crippen LogP contribution < -0.4 is 5.32 Å². The van der Waals surface area contributed by atoms with Gasteiger partial charge in [-0.25, -0.2) is 8.42 Å². The molecule has 1 saturated carbocycles. The van der Waals surface area contributed by atoms with Crippen LogP contribution in [0.4, 0.5) is 0 Å². The van der Waals surface area contributed by atoms with Crippen molar-refractivity contribution in [3.8, 4) is 12.3 Å². The summed E-state index contributed by atoms with van der Waals surface area (Å²) in [5.41, 5.74) is 0. The Balaban J connectivity index is 2.49. The fraction of sp³-hybridized carbons (Fsp3) is 0.818. The van der Waals surface area contributed by atoms with E-state index in [-0.39, 0.29) is 12.3 Å². The molecule has 0 atom stereocenters. The molecule has 1 aliphatic carbocycles. The van der Waals surface area contributed by atoms with Crippen LogP contribution in [0.3, 0.4) is 0 Å². The van der Waals surface area contributed by atoms with E-state index < -0.39 is 10.0 Å². The molecule has 1 rings (SSSR count). The first kappa shape index (κ1) is 13.5. The molecular weight excluding hydrogens is 224 g/mol. The number of rotatable bonds is 8. The minimum absolute atomic E-state index is 0.183. The maximum atomic E-state index is 12.0. The largest absolute Gasteiger partial charge is 0.320 e. The van der Waals surface area contributed by atoms with Crippen LogP contribution in [0.1, 0.15) is 19.3 Å². The molecule has 0 spiro atoms. The topological polar surface area (TPSA) is 49.4 Å². The van der Waals surface area contributed by atoms with Gasteiger partial charge in [0.05, 0.1) is 12.3 Å². The van der Waals surface area contributed by atoms with Gasteiger partial charge in [-0.1, -0.05) is 5.92 Å². The molecule has 16 heavy (non-hydrogen) atoms.